The van der Waals surface area contributed by atoms with Crippen molar-refractivity contribution in [1.82, 2.24) is 0 Å². The monoisotopic (exact) mass is 196 g/mol. The van der Waals surface area contributed by atoms with Crippen molar-refractivity contribution in [2.75, 3.05) is 0 Å². The molecule has 0 saturated carbocycles. The maximum absolute atomic E-state index is 2.55. The van der Waals surface area contributed by atoms with Gasteiger partial charge in [-0.3, -0.25) is 0 Å². The van der Waals surface area contributed by atoms with Gasteiger partial charge in [-0.2, -0.15) is 0 Å². The molecule has 0 radical (unpaired) electrons. The fourth-order valence-electron chi connectivity index (χ4n) is 1.54. The molecule has 0 aliphatic carbocycles. The van der Waals surface area contributed by atoms with Crippen LogP contribution in [0.15, 0.2) is 11.0 Å². The first-order chi connectivity index (χ1) is 6.35. The number of hydrogen-bond donors (Lipinski definition) is 0. The molecule has 0 atom stereocenters. The minimum Gasteiger partial charge on any atom is -0.148 e. The van der Waals surface area contributed by atoms with Crippen molar-refractivity contribution in [1.29, 1.82) is 0 Å². The second-order valence-corrected chi connectivity index (χ2v) is 7.39. The predicted octanol–water partition coefficient (Wildman–Crippen LogP) is 4.59. The number of hydrogen-bond acceptors (Lipinski definition) is 0. The van der Waals surface area contributed by atoms with Gasteiger partial charge in [-0.05, 0) is 12.8 Å². The molecule has 0 spiro atoms. The summed E-state index contributed by atoms with van der Waals surface area (Å²) in [7, 11) is 0. The Hall–Kier alpha value is 0.272. The average Bonchev–Trinajstić information content (AvgIpc) is 2.17. The first kappa shape index (κ1) is 13.3. The lowest BCUT2D eigenvalue weighted by Gasteiger charge is -1.98. The topological polar surface area (TPSA) is 0 Å². The molecule has 0 aliphatic rings. The zero-order valence-corrected chi connectivity index (χ0v) is 10.8. The summed E-state index contributed by atoms with van der Waals surface area (Å²) in [6, 6.07) is 0. The van der Waals surface area contributed by atoms with Crippen LogP contribution >= 0.6 is 0 Å². The maximum Gasteiger partial charge on any atom is 0.293 e. The molecular formula is C12H25Al. The van der Waals surface area contributed by atoms with E-state index in [0.29, 0.717) is 0 Å². The van der Waals surface area contributed by atoms with Crippen molar-refractivity contribution in [2.24, 2.45) is 0 Å². The summed E-state index contributed by atoms with van der Waals surface area (Å²) >= 11 is -0.431. The van der Waals surface area contributed by atoms with Crippen LogP contribution in [0.4, 0.5) is 0 Å². The molecular weight excluding hydrogens is 171 g/mol. The van der Waals surface area contributed by atoms with Crippen LogP contribution in [0, 0.1) is 0 Å². The fourth-order valence-corrected chi connectivity index (χ4v) is 3.24. The van der Waals surface area contributed by atoms with Crippen LogP contribution in [0.25, 0.3) is 0 Å². The van der Waals surface area contributed by atoms with Crippen molar-refractivity contribution in [3.63, 3.8) is 0 Å². The molecule has 0 rings (SSSR count). The van der Waals surface area contributed by atoms with E-state index in [1.165, 1.54) is 42.7 Å². The highest BCUT2D eigenvalue weighted by atomic mass is 27.2. The lowest BCUT2D eigenvalue weighted by atomic mass is 10.2. The molecule has 0 heterocycles. The third-order valence-electron chi connectivity index (χ3n) is 2.68. The molecule has 0 nitrogen and oxygen atoms in total. The molecule has 0 aliphatic heterocycles. The van der Waals surface area contributed by atoms with Crippen molar-refractivity contribution in [3.8, 4) is 0 Å². The second kappa shape index (κ2) is 10.4. The highest BCUT2D eigenvalue weighted by molar-refractivity contribution is 6.64. The molecule has 0 amide bonds. The van der Waals surface area contributed by atoms with Crippen LogP contribution in [0.3, 0.4) is 0 Å². The van der Waals surface area contributed by atoms with E-state index in [2.05, 4.69) is 31.8 Å². The highest BCUT2D eigenvalue weighted by Gasteiger charge is 2.05. The van der Waals surface area contributed by atoms with Crippen LogP contribution < -0.4 is 0 Å². The molecule has 0 aromatic rings. The van der Waals surface area contributed by atoms with Crippen LogP contribution in [0.5, 0.6) is 0 Å². The van der Waals surface area contributed by atoms with E-state index in [1.54, 1.807) is 0 Å². The van der Waals surface area contributed by atoms with Gasteiger partial charge >= 0.3 is 0 Å². The van der Waals surface area contributed by atoms with Gasteiger partial charge in [-0.1, -0.05) is 50.6 Å². The predicted molar refractivity (Wildman–Crippen MR) is 64.6 cm³/mol. The zero-order valence-electron chi connectivity index (χ0n) is 9.68. The normalized spacial score (nSPS) is 11.0. The van der Waals surface area contributed by atoms with Gasteiger partial charge in [0.15, 0.2) is 0 Å². The standard InChI is InChI=1S/C8H15.2C2H5.Al/c1-3-5-7-8-6-4-2;2*1-2;/h1,3H,4-8H2,2H3;2*1H2,2H3;. The van der Waals surface area contributed by atoms with E-state index in [0.717, 1.165) is 0 Å². The summed E-state index contributed by atoms with van der Waals surface area (Å²) in [5.74, 6) is 0. The van der Waals surface area contributed by atoms with Crippen LogP contribution in [-0.2, 0) is 0 Å². The van der Waals surface area contributed by atoms with Crippen LogP contribution in [-0.4, -0.2) is 14.1 Å². The summed E-state index contributed by atoms with van der Waals surface area (Å²) < 4.78 is 0. The van der Waals surface area contributed by atoms with Crippen molar-refractivity contribution >= 4 is 14.1 Å². The van der Waals surface area contributed by atoms with Gasteiger partial charge in [0.1, 0.15) is 0 Å². The van der Waals surface area contributed by atoms with E-state index in [9.17, 15) is 0 Å². The molecule has 0 N–H and O–H groups in total. The van der Waals surface area contributed by atoms with E-state index in [1.807, 2.05) is 0 Å². The third-order valence-corrected chi connectivity index (χ3v) is 5.60. The van der Waals surface area contributed by atoms with Gasteiger partial charge in [-0.25, -0.2) is 0 Å². The largest absolute Gasteiger partial charge is 0.293 e. The van der Waals surface area contributed by atoms with E-state index >= 15 is 0 Å². The second-order valence-electron chi connectivity index (χ2n) is 3.85. The summed E-state index contributed by atoms with van der Waals surface area (Å²) in [6.45, 7) is 6.94. The Bertz CT molecular complexity index is 114. The molecule has 0 bridgehead atoms. The van der Waals surface area contributed by atoms with Crippen molar-refractivity contribution in [3.05, 3.63) is 11.0 Å². The van der Waals surface area contributed by atoms with E-state index in [4.69, 9.17) is 0 Å². The van der Waals surface area contributed by atoms with Crippen LogP contribution in [0.2, 0.25) is 10.6 Å². The van der Waals surface area contributed by atoms with Gasteiger partial charge in [0.05, 0.1) is 0 Å². The SMILES string of the molecule is CCCCCCC=[CH][Al]([CH2]C)[CH2]C. The Morgan fingerprint density at radius 2 is 1.62 bits per heavy atom. The summed E-state index contributed by atoms with van der Waals surface area (Å²) in [4.78, 5) is 2.55. The Morgan fingerprint density at radius 1 is 0.923 bits per heavy atom. The average molecular weight is 196 g/mol. The van der Waals surface area contributed by atoms with Gasteiger partial charge in [0.25, 0.3) is 14.1 Å². The minimum atomic E-state index is -0.431. The molecule has 0 aromatic heterocycles. The molecule has 0 aromatic carbocycles. The first-order valence-electron chi connectivity index (χ1n) is 6.01. The molecule has 1 heteroatoms. The molecule has 0 fully saturated rings. The molecule has 76 valence electrons. The van der Waals surface area contributed by atoms with Gasteiger partial charge < -0.3 is 0 Å². The van der Waals surface area contributed by atoms with E-state index in [-0.39, 0.29) is 0 Å². The fraction of sp³-hybridized carbons (Fsp3) is 0.833. The Morgan fingerprint density at radius 3 is 2.15 bits per heavy atom. The minimum absolute atomic E-state index is 0.431. The number of allylic oxidation sites excluding steroid dienone is 1. The Balaban J connectivity index is 3.28. The lowest BCUT2D eigenvalue weighted by molar-refractivity contribution is 0.674. The quantitative estimate of drug-likeness (QED) is 0.393. The summed E-state index contributed by atoms with van der Waals surface area (Å²) in [5, 5.41) is 2.86. The summed E-state index contributed by atoms with van der Waals surface area (Å²) in [5.41, 5.74) is 0. The third kappa shape index (κ3) is 8.60. The van der Waals surface area contributed by atoms with Crippen molar-refractivity contribution < 1.29 is 0 Å². The number of rotatable bonds is 8. The smallest absolute Gasteiger partial charge is 0.148 e. The zero-order chi connectivity index (χ0) is 9.94. The van der Waals surface area contributed by atoms with Gasteiger partial charge in [0.2, 0.25) is 0 Å². The number of unbranched alkanes of at least 4 members (excludes halogenated alkanes) is 4. The molecule has 13 heavy (non-hydrogen) atoms. The van der Waals surface area contributed by atoms with Crippen molar-refractivity contribution in [2.45, 2.75) is 63.4 Å². The van der Waals surface area contributed by atoms with Gasteiger partial charge in [0, 0.05) is 0 Å². The van der Waals surface area contributed by atoms with E-state index < -0.39 is 14.1 Å². The molecule has 0 saturated heterocycles. The molecule has 0 unspecified atom stereocenters. The Labute approximate surface area is 88.8 Å². The Kier molecular flexibility index (Phi) is 10.6. The highest BCUT2D eigenvalue weighted by Crippen LogP contribution is 2.05. The lowest BCUT2D eigenvalue weighted by Crippen LogP contribution is -2.03. The maximum atomic E-state index is 2.55. The van der Waals surface area contributed by atoms with Gasteiger partial charge in [-0.15, -0.1) is 11.0 Å². The summed E-state index contributed by atoms with van der Waals surface area (Å²) in [6.07, 6.45) is 9.36. The van der Waals surface area contributed by atoms with Crippen LogP contribution in [0.1, 0.15) is 52.9 Å². The first-order valence-corrected chi connectivity index (χ1v) is 8.31.